The van der Waals surface area contributed by atoms with Gasteiger partial charge in [-0.15, -0.1) is 11.3 Å². The fourth-order valence-electron chi connectivity index (χ4n) is 1.34. The van der Waals surface area contributed by atoms with Crippen LogP contribution in [0.5, 0.6) is 5.75 Å². The van der Waals surface area contributed by atoms with Gasteiger partial charge < -0.3 is 5.11 Å². The number of aryl methyl sites for hydroxylation is 1. The Bertz CT molecular complexity index is 423. The molecule has 0 spiro atoms. The van der Waals surface area contributed by atoms with Crippen LogP contribution in [0.1, 0.15) is 16.1 Å². The second-order valence-corrected chi connectivity index (χ2v) is 4.20. The zero-order valence-corrected chi connectivity index (χ0v) is 8.71. The molecule has 0 saturated carbocycles. The second kappa shape index (κ2) is 3.80. The Balaban J connectivity index is 2.22. The molecule has 0 aliphatic heterocycles. The van der Waals surface area contributed by atoms with Crippen molar-refractivity contribution in [3.8, 4) is 5.75 Å². The number of benzene rings is 1. The molecule has 1 heterocycles. The van der Waals surface area contributed by atoms with Gasteiger partial charge in [-0.1, -0.05) is 12.1 Å². The first-order valence-corrected chi connectivity index (χ1v) is 5.30. The van der Waals surface area contributed by atoms with Crippen molar-refractivity contribution in [3.05, 3.63) is 45.9 Å². The number of phenols is 1. The SMILES string of the molecule is Cc1cc(Cc2nccs2)ccc1O. The minimum atomic E-state index is 0.355. The molecule has 1 aromatic carbocycles. The Hall–Kier alpha value is -1.35. The largest absolute Gasteiger partial charge is 0.508 e. The van der Waals surface area contributed by atoms with Crippen LogP contribution in [-0.2, 0) is 6.42 Å². The Morgan fingerprint density at radius 3 is 2.93 bits per heavy atom. The van der Waals surface area contributed by atoms with Crippen molar-refractivity contribution in [2.45, 2.75) is 13.3 Å². The lowest BCUT2D eigenvalue weighted by molar-refractivity contribution is 0.471. The van der Waals surface area contributed by atoms with Crippen LogP contribution >= 0.6 is 11.3 Å². The second-order valence-electron chi connectivity index (χ2n) is 3.22. The minimum absolute atomic E-state index is 0.355. The summed E-state index contributed by atoms with van der Waals surface area (Å²) in [6, 6.07) is 5.67. The zero-order chi connectivity index (χ0) is 9.97. The number of phenolic OH excluding ortho intramolecular Hbond substituents is 1. The van der Waals surface area contributed by atoms with Crippen molar-refractivity contribution in [2.24, 2.45) is 0 Å². The molecule has 0 aliphatic carbocycles. The van der Waals surface area contributed by atoms with Crippen LogP contribution in [0.25, 0.3) is 0 Å². The first-order valence-electron chi connectivity index (χ1n) is 4.42. The summed E-state index contributed by atoms with van der Waals surface area (Å²) in [5, 5.41) is 12.4. The first kappa shape index (κ1) is 9.21. The third-order valence-electron chi connectivity index (χ3n) is 2.10. The van der Waals surface area contributed by atoms with Crippen LogP contribution in [0.2, 0.25) is 0 Å². The Labute approximate surface area is 86.9 Å². The van der Waals surface area contributed by atoms with Gasteiger partial charge >= 0.3 is 0 Å². The van der Waals surface area contributed by atoms with Crippen molar-refractivity contribution >= 4 is 11.3 Å². The smallest absolute Gasteiger partial charge is 0.118 e. The van der Waals surface area contributed by atoms with Crippen molar-refractivity contribution < 1.29 is 5.11 Å². The van der Waals surface area contributed by atoms with Gasteiger partial charge in [-0.05, 0) is 24.1 Å². The van der Waals surface area contributed by atoms with E-state index < -0.39 is 0 Å². The van der Waals surface area contributed by atoms with Gasteiger partial charge in [0, 0.05) is 18.0 Å². The normalized spacial score (nSPS) is 10.4. The highest BCUT2D eigenvalue weighted by molar-refractivity contribution is 7.09. The summed E-state index contributed by atoms with van der Waals surface area (Å²) < 4.78 is 0. The van der Waals surface area contributed by atoms with E-state index in [4.69, 9.17) is 0 Å². The number of rotatable bonds is 2. The lowest BCUT2D eigenvalue weighted by Gasteiger charge is -2.02. The van der Waals surface area contributed by atoms with Crippen molar-refractivity contribution in [3.63, 3.8) is 0 Å². The van der Waals surface area contributed by atoms with Gasteiger partial charge in [-0.2, -0.15) is 0 Å². The standard InChI is InChI=1S/C11H11NOS/c1-8-6-9(2-3-10(8)13)7-11-12-4-5-14-11/h2-6,13H,7H2,1H3. The van der Waals surface area contributed by atoms with E-state index in [9.17, 15) is 5.11 Å². The van der Waals surface area contributed by atoms with Gasteiger partial charge in [-0.25, -0.2) is 4.98 Å². The number of aromatic hydroxyl groups is 1. The molecule has 0 amide bonds. The van der Waals surface area contributed by atoms with Gasteiger partial charge in [0.1, 0.15) is 5.75 Å². The maximum absolute atomic E-state index is 9.36. The molecule has 72 valence electrons. The van der Waals surface area contributed by atoms with Gasteiger partial charge in [0.2, 0.25) is 0 Å². The maximum atomic E-state index is 9.36. The summed E-state index contributed by atoms with van der Waals surface area (Å²) in [7, 11) is 0. The molecule has 2 nitrogen and oxygen atoms in total. The van der Waals surface area contributed by atoms with Gasteiger partial charge in [-0.3, -0.25) is 0 Å². The van der Waals surface area contributed by atoms with Crippen molar-refractivity contribution in [1.82, 2.24) is 4.98 Å². The predicted octanol–water partition coefficient (Wildman–Crippen LogP) is 2.75. The van der Waals surface area contributed by atoms with Crippen molar-refractivity contribution in [1.29, 1.82) is 0 Å². The van der Waals surface area contributed by atoms with Gasteiger partial charge in [0.15, 0.2) is 0 Å². The highest BCUT2D eigenvalue weighted by atomic mass is 32.1. The van der Waals surface area contributed by atoms with E-state index >= 15 is 0 Å². The number of thiazole rings is 1. The average molecular weight is 205 g/mol. The molecule has 1 aromatic heterocycles. The highest BCUT2D eigenvalue weighted by Crippen LogP contribution is 2.19. The zero-order valence-electron chi connectivity index (χ0n) is 7.90. The van der Waals surface area contributed by atoms with E-state index in [0.717, 1.165) is 17.0 Å². The van der Waals surface area contributed by atoms with Gasteiger partial charge in [0.05, 0.1) is 5.01 Å². The molecule has 0 aliphatic rings. The third kappa shape index (κ3) is 1.93. The van der Waals surface area contributed by atoms with Crippen LogP contribution in [0.15, 0.2) is 29.8 Å². The molecule has 0 radical (unpaired) electrons. The summed E-state index contributed by atoms with van der Waals surface area (Å²) in [6.45, 7) is 1.90. The first-order chi connectivity index (χ1) is 6.75. The molecule has 0 atom stereocenters. The molecule has 2 aromatic rings. The number of hydrogen-bond acceptors (Lipinski definition) is 3. The summed E-state index contributed by atoms with van der Waals surface area (Å²) in [5.74, 6) is 0.355. The Morgan fingerprint density at radius 1 is 1.43 bits per heavy atom. The molecule has 3 heteroatoms. The maximum Gasteiger partial charge on any atom is 0.118 e. The van der Waals surface area contributed by atoms with E-state index in [0.29, 0.717) is 5.75 Å². The van der Waals surface area contributed by atoms with Crippen LogP contribution in [0.4, 0.5) is 0 Å². The van der Waals surface area contributed by atoms with E-state index in [2.05, 4.69) is 4.98 Å². The molecule has 0 saturated heterocycles. The third-order valence-corrected chi connectivity index (χ3v) is 2.88. The summed E-state index contributed by atoms with van der Waals surface area (Å²) in [4.78, 5) is 4.22. The molecule has 2 rings (SSSR count). The topological polar surface area (TPSA) is 33.1 Å². The summed E-state index contributed by atoms with van der Waals surface area (Å²) in [6.07, 6.45) is 2.66. The number of aromatic nitrogens is 1. The fourth-order valence-corrected chi connectivity index (χ4v) is 1.99. The minimum Gasteiger partial charge on any atom is -0.508 e. The number of nitrogens with zero attached hydrogens (tertiary/aromatic N) is 1. The average Bonchev–Trinajstić information content (AvgIpc) is 2.64. The van der Waals surface area contributed by atoms with E-state index in [-0.39, 0.29) is 0 Å². The molecule has 1 N–H and O–H groups in total. The van der Waals surface area contributed by atoms with Crippen LogP contribution in [0.3, 0.4) is 0 Å². The molecule has 0 unspecified atom stereocenters. The summed E-state index contributed by atoms with van der Waals surface area (Å²) in [5.41, 5.74) is 2.11. The lowest BCUT2D eigenvalue weighted by atomic mass is 10.1. The lowest BCUT2D eigenvalue weighted by Crippen LogP contribution is -1.87. The monoisotopic (exact) mass is 205 g/mol. The number of hydrogen-bond donors (Lipinski definition) is 1. The van der Waals surface area contributed by atoms with E-state index in [1.54, 1.807) is 17.4 Å². The Morgan fingerprint density at radius 2 is 2.29 bits per heavy atom. The Kier molecular flexibility index (Phi) is 2.50. The highest BCUT2D eigenvalue weighted by Gasteiger charge is 2.01. The molecular formula is C11H11NOS. The van der Waals surface area contributed by atoms with E-state index in [1.807, 2.05) is 30.6 Å². The van der Waals surface area contributed by atoms with Crippen LogP contribution in [0, 0.1) is 6.92 Å². The quantitative estimate of drug-likeness (QED) is 0.817. The molecule has 0 fully saturated rings. The van der Waals surface area contributed by atoms with Gasteiger partial charge in [0.25, 0.3) is 0 Å². The van der Waals surface area contributed by atoms with E-state index in [1.165, 1.54) is 5.56 Å². The van der Waals surface area contributed by atoms with Crippen LogP contribution < -0.4 is 0 Å². The van der Waals surface area contributed by atoms with Crippen LogP contribution in [-0.4, -0.2) is 10.1 Å². The predicted molar refractivity (Wildman–Crippen MR) is 57.8 cm³/mol. The fraction of sp³-hybridized carbons (Fsp3) is 0.182. The van der Waals surface area contributed by atoms with Crippen molar-refractivity contribution in [2.75, 3.05) is 0 Å². The summed E-state index contributed by atoms with van der Waals surface area (Å²) >= 11 is 1.65. The molecular weight excluding hydrogens is 194 g/mol. The molecule has 0 bridgehead atoms. The molecule has 14 heavy (non-hydrogen) atoms.